The van der Waals surface area contributed by atoms with Crippen LogP contribution >= 0.6 is 0 Å². The molecule has 0 aliphatic rings. The Labute approximate surface area is 212 Å². The summed E-state index contributed by atoms with van der Waals surface area (Å²) in [5.74, 6) is -1.04. The number of hydrogen-bond donors (Lipinski definition) is 0. The fraction of sp³-hybridized carbons (Fsp3) is 0.179. The highest BCUT2D eigenvalue weighted by molar-refractivity contribution is 6.17. The van der Waals surface area contributed by atoms with E-state index in [1.54, 1.807) is 13.0 Å². The summed E-state index contributed by atoms with van der Waals surface area (Å²) in [5.41, 5.74) is 4.65. The molecule has 4 rings (SSSR count). The summed E-state index contributed by atoms with van der Waals surface area (Å²) in [6.07, 6.45) is 0. The molecular weight excluding hydrogens is 474 g/mol. The molecule has 0 atom stereocenters. The van der Waals surface area contributed by atoms with Gasteiger partial charge in [0.15, 0.2) is 0 Å². The molecule has 0 spiro atoms. The van der Waals surface area contributed by atoms with Crippen molar-refractivity contribution in [2.24, 2.45) is 5.16 Å². The Hall–Kier alpha value is -4.79. The van der Waals surface area contributed by atoms with Crippen molar-refractivity contribution in [1.29, 1.82) is 0 Å². The molecule has 4 aromatic rings. The highest BCUT2D eigenvalue weighted by Crippen LogP contribution is 2.33. The maximum Gasteiger partial charge on any atom is 0.333 e. The summed E-state index contributed by atoms with van der Waals surface area (Å²) in [7, 11) is 0. The predicted molar refractivity (Wildman–Crippen MR) is 140 cm³/mol. The average Bonchev–Trinajstić information content (AvgIpc) is 3.17. The van der Waals surface area contributed by atoms with Crippen molar-refractivity contribution < 1.29 is 24.1 Å². The molecule has 0 saturated carbocycles. The summed E-state index contributed by atoms with van der Waals surface area (Å²) in [6.45, 7) is 8.81. The monoisotopic (exact) mass is 499 g/mol. The predicted octanol–water partition coefficient (Wildman–Crippen LogP) is 5.45. The van der Waals surface area contributed by atoms with Gasteiger partial charge in [0.2, 0.25) is 0 Å². The van der Waals surface area contributed by atoms with Gasteiger partial charge in [-0.1, -0.05) is 42.1 Å². The van der Waals surface area contributed by atoms with Gasteiger partial charge in [0.25, 0.3) is 5.69 Å². The molecular formula is C28H25N3O6. The summed E-state index contributed by atoms with van der Waals surface area (Å²) in [4.78, 5) is 39.5. The molecule has 9 nitrogen and oxygen atoms in total. The summed E-state index contributed by atoms with van der Waals surface area (Å²) in [5, 5.41) is 17.0. The molecule has 0 radical (unpaired) electrons. The highest BCUT2D eigenvalue weighted by Gasteiger charge is 2.18. The van der Waals surface area contributed by atoms with Crippen molar-refractivity contribution in [3.05, 3.63) is 99.6 Å². The topological polar surface area (TPSA) is 113 Å². The third kappa shape index (κ3) is 5.25. The van der Waals surface area contributed by atoms with Crippen LogP contribution in [0.15, 0.2) is 78.0 Å². The number of benzene rings is 3. The van der Waals surface area contributed by atoms with Gasteiger partial charge >= 0.3 is 11.9 Å². The van der Waals surface area contributed by atoms with Crippen molar-refractivity contribution in [3.63, 3.8) is 0 Å². The second-order valence-corrected chi connectivity index (χ2v) is 8.60. The molecule has 0 N–H and O–H groups in total. The third-order valence-electron chi connectivity index (χ3n) is 5.89. The molecule has 0 unspecified atom stereocenters. The van der Waals surface area contributed by atoms with Crippen LogP contribution in [0.1, 0.15) is 30.5 Å². The van der Waals surface area contributed by atoms with E-state index < -0.39 is 16.9 Å². The van der Waals surface area contributed by atoms with Gasteiger partial charge in [-0.3, -0.25) is 10.1 Å². The maximum atomic E-state index is 11.9. The number of oxime groups is 1. The van der Waals surface area contributed by atoms with Gasteiger partial charge in [0.1, 0.15) is 12.3 Å². The second kappa shape index (κ2) is 10.4. The number of carbonyl (C=O) groups excluding carboxylic acids is 2. The first-order valence-corrected chi connectivity index (χ1v) is 11.5. The second-order valence-electron chi connectivity index (χ2n) is 8.60. The number of non-ortho nitro benzene ring substituents is 1. The first kappa shape index (κ1) is 25.3. The Bertz CT molecular complexity index is 1600. The fourth-order valence-electron chi connectivity index (χ4n) is 4.15. The number of carbonyl (C=O) groups is 2. The largest absolute Gasteiger partial charge is 0.460 e. The number of hydrogen-bond acceptors (Lipinski definition) is 7. The summed E-state index contributed by atoms with van der Waals surface area (Å²) >= 11 is 0. The smallest absolute Gasteiger partial charge is 0.333 e. The lowest BCUT2D eigenvalue weighted by atomic mass is 9.97. The molecule has 1 heterocycles. The van der Waals surface area contributed by atoms with Crippen LogP contribution in [0.2, 0.25) is 0 Å². The lowest BCUT2D eigenvalue weighted by molar-refractivity contribution is -0.384. The van der Waals surface area contributed by atoms with E-state index in [1.807, 2.05) is 54.0 Å². The molecule has 3 aromatic carbocycles. The Morgan fingerprint density at radius 1 is 1.03 bits per heavy atom. The van der Waals surface area contributed by atoms with E-state index >= 15 is 0 Å². The van der Waals surface area contributed by atoms with Crippen LogP contribution in [0.4, 0.5) is 5.69 Å². The number of rotatable bonds is 8. The number of nitrogens with zero attached hydrogens (tertiary/aromatic N) is 3. The normalized spacial score (nSPS) is 11.5. The minimum Gasteiger partial charge on any atom is -0.460 e. The van der Waals surface area contributed by atoms with Crippen LogP contribution in [-0.4, -0.2) is 33.7 Å². The summed E-state index contributed by atoms with van der Waals surface area (Å²) in [6, 6.07) is 17.8. The van der Waals surface area contributed by atoms with Crippen molar-refractivity contribution in [2.75, 3.05) is 6.61 Å². The number of nitro groups is 1. The Morgan fingerprint density at radius 2 is 1.70 bits per heavy atom. The summed E-state index contributed by atoms with van der Waals surface area (Å²) < 4.78 is 7.23. The minimum atomic E-state index is -0.552. The van der Waals surface area contributed by atoms with Gasteiger partial charge in [-0.25, -0.2) is 9.59 Å². The Morgan fingerprint density at radius 3 is 2.35 bits per heavy atom. The minimum absolute atomic E-state index is 0.0432. The van der Waals surface area contributed by atoms with Crippen molar-refractivity contribution in [3.8, 4) is 0 Å². The van der Waals surface area contributed by atoms with Crippen LogP contribution in [0.3, 0.4) is 0 Å². The molecule has 188 valence electrons. The zero-order valence-corrected chi connectivity index (χ0v) is 20.7. The van der Waals surface area contributed by atoms with Gasteiger partial charge in [0, 0.05) is 57.6 Å². The van der Waals surface area contributed by atoms with E-state index in [4.69, 9.17) is 9.57 Å². The molecule has 0 fully saturated rings. The highest BCUT2D eigenvalue weighted by atomic mass is 16.7. The van der Waals surface area contributed by atoms with E-state index in [-0.39, 0.29) is 12.3 Å². The number of aromatic nitrogens is 1. The Kier molecular flexibility index (Phi) is 7.15. The fourth-order valence-corrected chi connectivity index (χ4v) is 4.15. The van der Waals surface area contributed by atoms with E-state index in [2.05, 4.69) is 11.7 Å². The zero-order valence-electron chi connectivity index (χ0n) is 20.7. The molecule has 9 heteroatoms. The van der Waals surface area contributed by atoms with Crippen molar-refractivity contribution in [1.82, 2.24) is 4.57 Å². The zero-order chi connectivity index (χ0) is 26.7. The number of aryl methyl sites for hydroxylation is 1. The van der Waals surface area contributed by atoms with Crippen molar-refractivity contribution >= 4 is 45.1 Å². The number of fused-ring (bicyclic) bond motifs is 3. The molecule has 0 amide bonds. The van der Waals surface area contributed by atoms with E-state index in [0.717, 1.165) is 27.5 Å². The lowest BCUT2D eigenvalue weighted by Gasteiger charge is -2.11. The first-order valence-electron chi connectivity index (χ1n) is 11.5. The SMILES string of the molecule is C=C(C)C(=O)OCCn1c2ccc(C(=NOC(C)=O)c3ccccc3C)cc2c2cc([N+](=O)[O-])ccc21. The molecule has 0 aliphatic heterocycles. The molecule has 37 heavy (non-hydrogen) atoms. The van der Waals surface area contributed by atoms with Crippen LogP contribution < -0.4 is 0 Å². The average molecular weight is 500 g/mol. The Balaban J connectivity index is 1.89. The van der Waals surface area contributed by atoms with Gasteiger partial charge in [-0.05, 0) is 37.6 Å². The molecule has 0 bridgehead atoms. The number of ether oxygens (including phenoxy) is 1. The van der Waals surface area contributed by atoms with E-state index in [9.17, 15) is 19.7 Å². The molecule has 0 aliphatic carbocycles. The van der Waals surface area contributed by atoms with E-state index in [1.165, 1.54) is 19.1 Å². The van der Waals surface area contributed by atoms with Gasteiger partial charge < -0.3 is 14.1 Å². The van der Waals surface area contributed by atoms with Crippen LogP contribution in [-0.2, 0) is 25.7 Å². The van der Waals surface area contributed by atoms with Crippen LogP contribution in [0.5, 0.6) is 0 Å². The maximum absolute atomic E-state index is 11.9. The van der Waals surface area contributed by atoms with Crippen LogP contribution in [0.25, 0.3) is 21.8 Å². The standard InChI is InChI=1S/C28H25N3O6/c1-17(2)28(33)36-14-13-30-25-11-9-20(15-23(25)24-16-21(31(34)35)10-12-26(24)30)27(29-37-19(4)32)22-8-6-5-7-18(22)3/h5-12,15-16H,1,13-14H2,2-4H3. The van der Waals surface area contributed by atoms with Gasteiger partial charge in [-0.2, -0.15) is 0 Å². The van der Waals surface area contributed by atoms with E-state index in [0.29, 0.717) is 28.8 Å². The third-order valence-corrected chi connectivity index (χ3v) is 5.89. The first-order chi connectivity index (χ1) is 17.7. The van der Waals surface area contributed by atoms with Crippen molar-refractivity contribution in [2.45, 2.75) is 27.3 Å². The quantitative estimate of drug-likeness (QED) is 0.0796. The van der Waals surface area contributed by atoms with Crippen LogP contribution in [0, 0.1) is 17.0 Å². The van der Waals surface area contributed by atoms with Gasteiger partial charge in [-0.15, -0.1) is 0 Å². The van der Waals surface area contributed by atoms with Gasteiger partial charge in [0.05, 0.1) is 11.5 Å². The molecule has 0 saturated heterocycles. The number of esters is 1. The number of nitro benzene ring substituents is 1. The lowest BCUT2D eigenvalue weighted by Crippen LogP contribution is -2.11. The molecule has 1 aromatic heterocycles.